The molecule has 0 unspecified atom stereocenters. The van der Waals surface area contributed by atoms with Crippen molar-refractivity contribution in [2.75, 3.05) is 11.2 Å². The summed E-state index contributed by atoms with van der Waals surface area (Å²) in [5, 5.41) is 4.14. The van der Waals surface area contributed by atoms with E-state index in [0.717, 1.165) is 15.6 Å². The third kappa shape index (κ3) is 2.40. The lowest BCUT2D eigenvalue weighted by Gasteiger charge is -2.02. The molecule has 1 heterocycles. The van der Waals surface area contributed by atoms with Crippen LogP contribution >= 0.6 is 22.9 Å². The number of thiophene rings is 1. The van der Waals surface area contributed by atoms with Crippen LogP contribution < -0.4 is 5.32 Å². The highest BCUT2D eigenvalue weighted by Crippen LogP contribution is 2.36. The normalized spacial score (nSPS) is 10.6. The average molecular weight is 282 g/mol. The average Bonchev–Trinajstić information content (AvgIpc) is 2.65. The molecule has 0 atom stereocenters. The number of benzene rings is 1. The lowest BCUT2D eigenvalue weighted by Crippen LogP contribution is -2.13. The number of hydrogen-bond donors (Lipinski definition) is 1. The van der Waals surface area contributed by atoms with Crippen LogP contribution in [0.1, 0.15) is 22.8 Å². The lowest BCUT2D eigenvalue weighted by molar-refractivity contribution is -0.113. The molecular weight excluding hydrogens is 270 g/mol. The number of Topliss-reactive ketones (excluding diaryl/α,β-unsaturated/α-hetero) is 1. The van der Waals surface area contributed by atoms with Crippen molar-refractivity contribution in [2.24, 2.45) is 0 Å². The second-order valence-corrected chi connectivity index (χ2v) is 5.36. The molecule has 2 rings (SSSR count). The minimum absolute atomic E-state index is 0.0586. The van der Waals surface area contributed by atoms with Gasteiger partial charge in [0.15, 0.2) is 5.78 Å². The van der Waals surface area contributed by atoms with Crippen LogP contribution in [0.4, 0.5) is 5.00 Å². The SMILES string of the molecule is CC(=O)c1c(NC(=O)CCl)sc2ccc(C)cc12. The van der Waals surface area contributed by atoms with E-state index in [-0.39, 0.29) is 17.6 Å². The number of nitrogens with one attached hydrogen (secondary N) is 1. The summed E-state index contributed by atoms with van der Waals surface area (Å²) in [7, 11) is 0. The van der Waals surface area contributed by atoms with Crippen molar-refractivity contribution in [3.8, 4) is 0 Å². The van der Waals surface area contributed by atoms with E-state index >= 15 is 0 Å². The standard InChI is InChI=1S/C13H12ClNO2S/c1-7-3-4-10-9(5-7)12(8(2)16)13(18-10)15-11(17)6-14/h3-5H,6H2,1-2H3,(H,15,17). The van der Waals surface area contributed by atoms with Gasteiger partial charge in [-0.1, -0.05) is 11.6 Å². The second-order valence-electron chi connectivity index (χ2n) is 4.04. The van der Waals surface area contributed by atoms with Gasteiger partial charge in [0, 0.05) is 10.1 Å². The van der Waals surface area contributed by atoms with Gasteiger partial charge in [0.1, 0.15) is 10.9 Å². The van der Waals surface area contributed by atoms with Crippen LogP contribution in [0.3, 0.4) is 0 Å². The number of anilines is 1. The van der Waals surface area contributed by atoms with Gasteiger partial charge < -0.3 is 5.32 Å². The molecule has 1 N–H and O–H groups in total. The van der Waals surface area contributed by atoms with Crippen LogP contribution in [0.25, 0.3) is 10.1 Å². The fourth-order valence-corrected chi connectivity index (χ4v) is 3.02. The van der Waals surface area contributed by atoms with Crippen molar-refractivity contribution in [3.05, 3.63) is 29.3 Å². The molecular formula is C13H12ClNO2S. The van der Waals surface area contributed by atoms with Crippen molar-refractivity contribution in [2.45, 2.75) is 13.8 Å². The Hall–Kier alpha value is -1.39. The number of carbonyl (C=O) groups is 2. The molecule has 0 spiro atoms. The Morgan fingerprint density at radius 1 is 1.39 bits per heavy atom. The van der Waals surface area contributed by atoms with Crippen LogP contribution in [0, 0.1) is 6.92 Å². The van der Waals surface area contributed by atoms with Crippen molar-refractivity contribution >= 4 is 49.7 Å². The highest BCUT2D eigenvalue weighted by Gasteiger charge is 2.17. The quantitative estimate of drug-likeness (QED) is 0.690. The smallest absolute Gasteiger partial charge is 0.239 e. The Labute approximate surface area is 114 Å². The first kappa shape index (κ1) is 13.1. The molecule has 0 aliphatic heterocycles. The van der Waals surface area contributed by atoms with Crippen LogP contribution in [-0.2, 0) is 4.79 Å². The van der Waals surface area contributed by atoms with E-state index in [9.17, 15) is 9.59 Å². The zero-order chi connectivity index (χ0) is 13.3. The van der Waals surface area contributed by atoms with Gasteiger partial charge in [-0.2, -0.15) is 0 Å². The molecule has 0 saturated heterocycles. The monoisotopic (exact) mass is 281 g/mol. The molecule has 1 aromatic heterocycles. The number of rotatable bonds is 3. The summed E-state index contributed by atoms with van der Waals surface area (Å²) in [6.07, 6.45) is 0. The third-order valence-electron chi connectivity index (χ3n) is 2.57. The van der Waals surface area contributed by atoms with E-state index in [1.54, 1.807) is 0 Å². The number of halogens is 1. The molecule has 2 aromatic rings. The largest absolute Gasteiger partial charge is 0.316 e. The molecule has 5 heteroatoms. The molecule has 0 fully saturated rings. The van der Waals surface area contributed by atoms with Crippen LogP contribution in [0.2, 0.25) is 0 Å². The maximum absolute atomic E-state index is 11.7. The van der Waals surface area contributed by atoms with E-state index < -0.39 is 0 Å². The molecule has 18 heavy (non-hydrogen) atoms. The summed E-state index contributed by atoms with van der Waals surface area (Å²) in [6, 6.07) is 5.90. The third-order valence-corrected chi connectivity index (χ3v) is 3.90. The first-order valence-electron chi connectivity index (χ1n) is 5.43. The highest BCUT2D eigenvalue weighted by atomic mass is 35.5. The minimum atomic E-state index is -0.303. The predicted octanol–water partition coefficient (Wildman–Crippen LogP) is 3.59. The van der Waals surface area contributed by atoms with Gasteiger partial charge in [-0.05, 0) is 26.0 Å². The van der Waals surface area contributed by atoms with Gasteiger partial charge in [0.25, 0.3) is 0 Å². The van der Waals surface area contributed by atoms with Crippen molar-refractivity contribution in [1.82, 2.24) is 0 Å². The van der Waals surface area contributed by atoms with E-state index in [1.165, 1.54) is 18.3 Å². The fourth-order valence-electron chi connectivity index (χ4n) is 1.81. The van der Waals surface area contributed by atoms with Crippen LogP contribution in [0.15, 0.2) is 18.2 Å². The number of ketones is 1. The lowest BCUT2D eigenvalue weighted by atomic mass is 10.1. The molecule has 1 aromatic carbocycles. The molecule has 0 bridgehead atoms. The van der Waals surface area contributed by atoms with Crippen molar-refractivity contribution in [1.29, 1.82) is 0 Å². The highest BCUT2D eigenvalue weighted by molar-refractivity contribution is 7.23. The van der Waals surface area contributed by atoms with Gasteiger partial charge >= 0.3 is 0 Å². The Morgan fingerprint density at radius 3 is 2.72 bits per heavy atom. The topological polar surface area (TPSA) is 46.2 Å². The number of aryl methyl sites for hydroxylation is 1. The van der Waals surface area contributed by atoms with Gasteiger partial charge in [0.2, 0.25) is 5.91 Å². The van der Waals surface area contributed by atoms with Gasteiger partial charge in [0.05, 0.1) is 5.56 Å². The fraction of sp³-hybridized carbons (Fsp3) is 0.231. The molecule has 0 aliphatic rings. The molecule has 0 radical (unpaired) electrons. The Morgan fingerprint density at radius 2 is 2.11 bits per heavy atom. The molecule has 1 amide bonds. The van der Waals surface area contributed by atoms with Crippen molar-refractivity contribution in [3.63, 3.8) is 0 Å². The maximum Gasteiger partial charge on any atom is 0.239 e. The molecule has 3 nitrogen and oxygen atoms in total. The van der Waals surface area contributed by atoms with E-state index in [1.807, 2.05) is 25.1 Å². The summed E-state index contributed by atoms with van der Waals surface area (Å²) >= 11 is 6.86. The molecule has 0 saturated carbocycles. The number of carbonyl (C=O) groups excluding carboxylic acids is 2. The second kappa shape index (κ2) is 5.08. The Balaban J connectivity index is 2.62. The Kier molecular flexibility index (Phi) is 3.68. The van der Waals surface area contributed by atoms with Gasteiger partial charge in [-0.15, -0.1) is 22.9 Å². The van der Waals surface area contributed by atoms with Crippen LogP contribution in [-0.4, -0.2) is 17.6 Å². The van der Waals surface area contributed by atoms with Crippen molar-refractivity contribution < 1.29 is 9.59 Å². The van der Waals surface area contributed by atoms with Gasteiger partial charge in [-0.3, -0.25) is 9.59 Å². The van der Waals surface area contributed by atoms with E-state index in [0.29, 0.717) is 10.6 Å². The molecule has 0 aliphatic carbocycles. The summed E-state index contributed by atoms with van der Waals surface area (Å²) in [5.41, 5.74) is 1.65. The zero-order valence-corrected chi connectivity index (χ0v) is 11.6. The predicted molar refractivity (Wildman–Crippen MR) is 75.9 cm³/mol. The first-order valence-corrected chi connectivity index (χ1v) is 6.78. The summed E-state index contributed by atoms with van der Waals surface area (Å²) in [6.45, 7) is 3.47. The summed E-state index contributed by atoms with van der Waals surface area (Å²) < 4.78 is 0.982. The first-order chi connectivity index (χ1) is 8.52. The number of hydrogen-bond acceptors (Lipinski definition) is 3. The maximum atomic E-state index is 11.7. The van der Waals surface area contributed by atoms with E-state index in [4.69, 9.17) is 11.6 Å². The number of amides is 1. The number of fused-ring (bicyclic) bond motifs is 1. The molecule has 94 valence electrons. The van der Waals surface area contributed by atoms with Crippen LogP contribution in [0.5, 0.6) is 0 Å². The minimum Gasteiger partial charge on any atom is -0.316 e. The number of alkyl halides is 1. The summed E-state index contributed by atoms with van der Waals surface area (Å²) in [4.78, 5) is 23.1. The summed E-state index contributed by atoms with van der Waals surface area (Å²) in [5.74, 6) is -0.482. The Bertz CT molecular complexity index is 633. The van der Waals surface area contributed by atoms with Gasteiger partial charge in [-0.25, -0.2) is 0 Å². The van der Waals surface area contributed by atoms with E-state index in [2.05, 4.69) is 5.32 Å². The zero-order valence-electron chi connectivity index (χ0n) is 10.0.